The molecule has 1 fully saturated rings. The number of anilines is 1. The molecule has 3 N–H and O–H groups in total. The summed E-state index contributed by atoms with van der Waals surface area (Å²) in [4.78, 5) is 51.3. The average Bonchev–Trinajstić information content (AvgIpc) is 2.97. The molecule has 0 aliphatic carbocycles. The predicted octanol–water partition coefficient (Wildman–Crippen LogP) is 1.86. The van der Waals surface area contributed by atoms with Crippen LogP contribution in [0.2, 0.25) is 0 Å². The standard InChI is InChI=1S/C21H14N2O6S/c22-17-15-13(11-3-1-2-4-12(11)29-21(15)28)14-16(30-17)19(25)23(18(14)24)10-7-5-9(6-8-10)20(26)27/h1-8,13-14,16H,22H2,(H,26,27)/t13-,14-,16-/m1/s1. The van der Waals surface area contributed by atoms with Crippen LogP contribution in [0.3, 0.4) is 0 Å². The van der Waals surface area contributed by atoms with Gasteiger partial charge in [0.15, 0.2) is 0 Å². The highest BCUT2D eigenvalue weighted by molar-refractivity contribution is 8.04. The number of hydrogen-bond donors (Lipinski definition) is 2. The molecule has 8 nitrogen and oxygen atoms in total. The van der Waals surface area contributed by atoms with Crippen LogP contribution in [-0.4, -0.2) is 34.1 Å². The number of imide groups is 1. The average molecular weight is 422 g/mol. The van der Waals surface area contributed by atoms with Gasteiger partial charge in [-0.25, -0.2) is 14.5 Å². The first kappa shape index (κ1) is 18.4. The summed E-state index contributed by atoms with van der Waals surface area (Å²) in [5, 5.41) is 8.46. The van der Waals surface area contributed by atoms with Gasteiger partial charge in [0.2, 0.25) is 11.8 Å². The van der Waals surface area contributed by atoms with E-state index < -0.39 is 40.8 Å². The summed E-state index contributed by atoms with van der Waals surface area (Å²) < 4.78 is 5.37. The molecule has 0 spiro atoms. The minimum absolute atomic E-state index is 0.0433. The molecule has 0 unspecified atom stereocenters. The molecule has 0 bridgehead atoms. The molecule has 3 aliphatic heterocycles. The maximum atomic E-state index is 13.4. The summed E-state index contributed by atoms with van der Waals surface area (Å²) in [6.07, 6.45) is 0. The highest BCUT2D eigenvalue weighted by Crippen LogP contribution is 2.54. The number of benzene rings is 2. The molecule has 0 aromatic heterocycles. The van der Waals surface area contributed by atoms with Crippen molar-refractivity contribution in [3.8, 4) is 5.75 Å². The predicted molar refractivity (Wildman–Crippen MR) is 107 cm³/mol. The molecule has 150 valence electrons. The van der Waals surface area contributed by atoms with Crippen molar-refractivity contribution in [3.05, 3.63) is 70.3 Å². The van der Waals surface area contributed by atoms with Crippen LogP contribution in [-0.2, 0) is 14.4 Å². The second-order valence-corrected chi connectivity index (χ2v) is 8.29. The first-order valence-electron chi connectivity index (χ1n) is 9.07. The van der Waals surface area contributed by atoms with Gasteiger partial charge in [-0.15, -0.1) is 0 Å². The van der Waals surface area contributed by atoms with Gasteiger partial charge < -0.3 is 15.6 Å². The maximum Gasteiger partial charge on any atom is 0.342 e. The summed E-state index contributed by atoms with van der Waals surface area (Å²) in [6, 6.07) is 12.4. The lowest BCUT2D eigenvalue weighted by Gasteiger charge is -2.36. The summed E-state index contributed by atoms with van der Waals surface area (Å²) in [7, 11) is 0. The zero-order chi connectivity index (χ0) is 21.2. The normalized spacial score (nSPS) is 24.9. The van der Waals surface area contributed by atoms with Crippen molar-refractivity contribution in [2.45, 2.75) is 11.2 Å². The minimum Gasteiger partial charge on any atom is -0.478 e. The number of hydrogen-bond acceptors (Lipinski definition) is 7. The molecule has 5 rings (SSSR count). The van der Waals surface area contributed by atoms with Gasteiger partial charge in [-0.3, -0.25) is 9.59 Å². The number of ether oxygens (including phenoxy) is 1. The van der Waals surface area contributed by atoms with Gasteiger partial charge in [0, 0.05) is 11.5 Å². The molecule has 9 heteroatoms. The number of aromatic carboxylic acids is 1. The monoisotopic (exact) mass is 422 g/mol. The van der Waals surface area contributed by atoms with Gasteiger partial charge in [0.05, 0.1) is 27.8 Å². The maximum absolute atomic E-state index is 13.4. The van der Waals surface area contributed by atoms with E-state index in [1.165, 1.54) is 24.3 Å². The van der Waals surface area contributed by atoms with Crippen molar-refractivity contribution >= 4 is 41.2 Å². The van der Waals surface area contributed by atoms with Gasteiger partial charge >= 0.3 is 11.9 Å². The minimum atomic E-state index is -1.11. The lowest BCUT2D eigenvalue weighted by atomic mass is 9.77. The molecular formula is C21H14N2O6S. The van der Waals surface area contributed by atoms with Crippen LogP contribution in [0.5, 0.6) is 5.75 Å². The number of amides is 2. The van der Waals surface area contributed by atoms with Crippen molar-refractivity contribution in [2.24, 2.45) is 11.7 Å². The fourth-order valence-corrected chi connectivity index (χ4v) is 5.45. The number of carboxylic acid groups (broad SMARTS) is 1. The number of rotatable bonds is 2. The van der Waals surface area contributed by atoms with Crippen LogP contribution in [0.4, 0.5) is 5.69 Å². The number of nitrogens with zero attached hydrogens (tertiary/aromatic N) is 1. The smallest absolute Gasteiger partial charge is 0.342 e. The number of thioether (sulfide) groups is 1. The molecule has 30 heavy (non-hydrogen) atoms. The van der Waals surface area contributed by atoms with Gasteiger partial charge in [0.25, 0.3) is 0 Å². The Morgan fingerprint density at radius 3 is 2.43 bits per heavy atom. The van der Waals surface area contributed by atoms with Crippen LogP contribution in [0.1, 0.15) is 21.8 Å². The number of esters is 1. The number of fused-ring (bicyclic) bond motifs is 5. The van der Waals surface area contributed by atoms with Crippen molar-refractivity contribution in [1.82, 2.24) is 0 Å². The number of carbonyl (C=O) groups excluding carboxylic acids is 3. The Hall–Kier alpha value is -3.59. The van der Waals surface area contributed by atoms with Gasteiger partial charge in [-0.2, -0.15) is 0 Å². The van der Waals surface area contributed by atoms with Gasteiger partial charge in [-0.1, -0.05) is 30.0 Å². The molecule has 1 saturated heterocycles. The molecular weight excluding hydrogens is 408 g/mol. The molecule has 0 radical (unpaired) electrons. The van der Waals surface area contributed by atoms with Crippen LogP contribution in [0.15, 0.2) is 59.1 Å². The second-order valence-electron chi connectivity index (χ2n) is 7.11. The largest absolute Gasteiger partial charge is 0.478 e. The summed E-state index contributed by atoms with van der Waals surface area (Å²) in [5.41, 5.74) is 7.28. The molecule has 2 aromatic carbocycles. The first-order chi connectivity index (χ1) is 14.4. The third-order valence-electron chi connectivity index (χ3n) is 5.53. The number of carboxylic acids is 1. The Labute approximate surface area is 174 Å². The zero-order valence-corrected chi connectivity index (χ0v) is 16.1. The van der Waals surface area contributed by atoms with E-state index in [4.69, 9.17) is 15.6 Å². The quantitative estimate of drug-likeness (QED) is 0.427. The highest BCUT2D eigenvalue weighted by Gasteiger charge is 2.58. The van der Waals surface area contributed by atoms with Crippen molar-refractivity contribution in [2.75, 3.05) is 4.90 Å². The highest BCUT2D eigenvalue weighted by atomic mass is 32.2. The number of carbonyl (C=O) groups is 4. The Bertz CT molecular complexity index is 1170. The van der Waals surface area contributed by atoms with E-state index in [9.17, 15) is 19.2 Å². The molecule has 3 atom stereocenters. The zero-order valence-electron chi connectivity index (χ0n) is 15.3. The van der Waals surface area contributed by atoms with Crippen LogP contribution in [0, 0.1) is 5.92 Å². The van der Waals surface area contributed by atoms with E-state index in [2.05, 4.69) is 0 Å². The molecule has 0 saturated carbocycles. The van der Waals surface area contributed by atoms with E-state index >= 15 is 0 Å². The topological polar surface area (TPSA) is 127 Å². The SMILES string of the molecule is NC1=C2C(=O)Oc3ccccc3[C@@H]2[C@H]2C(=O)N(c3ccc(C(=O)O)cc3)C(=O)[C@@H]2S1. The molecule has 2 aromatic rings. The Morgan fingerprint density at radius 2 is 1.73 bits per heavy atom. The number of para-hydroxylation sites is 1. The number of nitrogens with two attached hydrogens (primary N) is 1. The van der Waals surface area contributed by atoms with E-state index in [0.29, 0.717) is 11.3 Å². The fraction of sp³-hybridized carbons (Fsp3) is 0.143. The Kier molecular flexibility index (Phi) is 3.97. The van der Waals surface area contributed by atoms with Crippen LogP contribution >= 0.6 is 11.8 Å². The van der Waals surface area contributed by atoms with Gasteiger partial charge in [0.1, 0.15) is 11.0 Å². The van der Waals surface area contributed by atoms with Crippen LogP contribution in [0.25, 0.3) is 0 Å². The first-order valence-corrected chi connectivity index (χ1v) is 9.95. The van der Waals surface area contributed by atoms with E-state index in [1.807, 2.05) is 0 Å². The van der Waals surface area contributed by atoms with E-state index in [0.717, 1.165) is 16.7 Å². The van der Waals surface area contributed by atoms with Gasteiger partial charge in [-0.05, 0) is 30.3 Å². The van der Waals surface area contributed by atoms with Crippen molar-refractivity contribution in [1.29, 1.82) is 0 Å². The lowest BCUT2D eigenvalue weighted by molar-refractivity contribution is -0.131. The molecule has 3 heterocycles. The van der Waals surface area contributed by atoms with Crippen molar-refractivity contribution in [3.63, 3.8) is 0 Å². The van der Waals surface area contributed by atoms with E-state index in [1.54, 1.807) is 24.3 Å². The van der Waals surface area contributed by atoms with Crippen molar-refractivity contribution < 1.29 is 29.0 Å². The summed E-state index contributed by atoms with van der Waals surface area (Å²) >= 11 is 0.990. The Morgan fingerprint density at radius 1 is 1.03 bits per heavy atom. The summed E-state index contributed by atoms with van der Waals surface area (Å²) in [6.45, 7) is 0. The van der Waals surface area contributed by atoms with Crippen LogP contribution < -0.4 is 15.4 Å². The van der Waals surface area contributed by atoms with E-state index in [-0.39, 0.29) is 21.9 Å². The molecule has 2 amide bonds. The summed E-state index contributed by atoms with van der Waals surface area (Å²) in [5.74, 6) is -3.79. The third kappa shape index (κ3) is 2.48. The lowest BCUT2D eigenvalue weighted by Crippen LogP contribution is -2.39. The Balaban J connectivity index is 1.61. The fourth-order valence-electron chi connectivity index (χ4n) is 4.21. The third-order valence-corrected chi connectivity index (χ3v) is 6.76. The molecule has 3 aliphatic rings. The second kappa shape index (κ2) is 6.46.